The first-order valence-corrected chi connectivity index (χ1v) is 10.7. The molecule has 3 heterocycles. The number of likely N-dealkylation sites (tertiary alicyclic amines) is 1. The maximum Gasteiger partial charge on any atom is 0.356 e. The maximum atomic E-state index is 12.0. The van der Waals surface area contributed by atoms with Gasteiger partial charge in [0.1, 0.15) is 11.4 Å². The average Bonchev–Trinajstić information content (AvgIpc) is 2.75. The number of aromatic nitrogens is 2. The normalized spacial score (nSPS) is 12.7. The molecule has 0 bridgehead atoms. The molecule has 0 aliphatic carbocycles. The molecular formula is C19H23I2N3O4. The van der Waals surface area contributed by atoms with Crippen LogP contribution in [-0.4, -0.2) is 59.2 Å². The summed E-state index contributed by atoms with van der Waals surface area (Å²) in [6, 6.07) is 7.23. The number of hydrogen-bond acceptors (Lipinski definition) is 6. The molecule has 0 radical (unpaired) electrons. The second-order valence-electron chi connectivity index (χ2n) is 5.56. The predicted octanol–water partition coefficient (Wildman–Crippen LogP) is 3.39. The van der Waals surface area contributed by atoms with Gasteiger partial charge < -0.3 is 14.7 Å². The van der Waals surface area contributed by atoms with Crippen LogP contribution in [0, 0.1) is 7.14 Å². The summed E-state index contributed by atoms with van der Waals surface area (Å²) in [5.41, 5.74) is 0.920. The Bertz CT molecular complexity index is 768. The number of piperidine rings is 1. The lowest BCUT2D eigenvalue weighted by molar-refractivity contribution is 0.0593. The van der Waals surface area contributed by atoms with Gasteiger partial charge in [0.2, 0.25) is 0 Å². The lowest BCUT2D eigenvalue weighted by atomic mass is 10.1. The molecule has 0 saturated carbocycles. The van der Waals surface area contributed by atoms with E-state index in [2.05, 4.69) is 59.9 Å². The molecule has 9 heteroatoms. The third-order valence-corrected chi connectivity index (χ3v) is 5.04. The van der Waals surface area contributed by atoms with E-state index < -0.39 is 5.97 Å². The molecule has 0 atom stereocenters. The Kier molecular flexibility index (Phi) is 12.1. The van der Waals surface area contributed by atoms with Gasteiger partial charge >= 0.3 is 5.97 Å². The first-order chi connectivity index (χ1) is 13.5. The highest BCUT2D eigenvalue weighted by Crippen LogP contribution is 2.13. The molecule has 2 aromatic rings. The Morgan fingerprint density at radius 3 is 1.96 bits per heavy atom. The van der Waals surface area contributed by atoms with Crippen molar-refractivity contribution in [1.29, 1.82) is 0 Å². The van der Waals surface area contributed by atoms with Crippen molar-refractivity contribution in [2.75, 3.05) is 27.3 Å². The summed E-state index contributed by atoms with van der Waals surface area (Å²) in [6.07, 6.45) is 6.75. The van der Waals surface area contributed by atoms with Crippen LogP contribution in [0.4, 0.5) is 0 Å². The van der Waals surface area contributed by atoms with Crippen LogP contribution in [0.15, 0.2) is 36.7 Å². The number of aliphatic hydroxyl groups is 1. The number of amides is 1. The number of halogens is 2. The number of ether oxygens (including phenoxy) is 1. The molecule has 0 unspecified atom stereocenters. The van der Waals surface area contributed by atoms with Crippen LogP contribution in [0.3, 0.4) is 0 Å². The predicted molar refractivity (Wildman–Crippen MR) is 123 cm³/mol. The van der Waals surface area contributed by atoms with Crippen LogP contribution in [0.5, 0.6) is 0 Å². The van der Waals surface area contributed by atoms with Gasteiger partial charge in [-0.3, -0.25) is 9.78 Å². The summed E-state index contributed by atoms with van der Waals surface area (Å²) in [4.78, 5) is 32.7. The van der Waals surface area contributed by atoms with E-state index in [4.69, 9.17) is 5.11 Å². The number of carbonyl (C=O) groups is 2. The Morgan fingerprint density at radius 1 is 0.964 bits per heavy atom. The van der Waals surface area contributed by atoms with Gasteiger partial charge in [0.25, 0.3) is 5.91 Å². The van der Waals surface area contributed by atoms with Crippen LogP contribution in [0.2, 0.25) is 0 Å². The summed E-state index contributed by atoms with van der Waals surface area (Å²) in [7, 11) is 2.34. The number of pyridine rings is 2. The molecule has 1 saturated heterocycles. The van der Waals surface area contributed by atoms with E-state index >= 15 is 0 Å². The number of nitrogens with zero attached hydrogens (tertiary/aromatic N) is 3. The van der Waals surface area contributed by atoms with Crippen molar-refractivity contribution in [1.82, 2.24) is 14.9 Å². The van der Waals surface area contributed by atoms with Gasteiger partial charge in [-0.25, -0.2) is 9.78 Å². The van der Waals surface area contributed by atoms with E-state index in [1.807, 2.05) is 23.1 Å². The third kappa shape index (κ3) is 8.35. The summed E-state index contributed by atoms with van der Waals surface area (Å²) < 4.78 is 6.52. The minimum absolute atomic E-state index is 0.0771. The minimum Gasteiger partial charge on any atom is -0.464 e. The van der Waals surface area contributed by atoms with E-state index in [1.165, 1.54) is 13.5 Å². The molecule has 28 heavy (non-hydrogen) atoms. The zero-order valence-corrected chi connectivity index (χ0v) is 20.1. The molecular weight excluding hydrogens is 588 g/mol. The van der Waals surface area contributed by atoms with Crippen molar-refractivity contribution in [2.24, 2.45) is 0 Å². The van der Waals surface area contributed by atoms with Crippen LogP contribution >= 0.6 is 45.2 Å². The first-order valence-electron chi connectivity index (χ1n) is 8.56. The molecule has 1 aliphatic rings. The number of hydrogen-bond donors (Lipinski definition) is 1. The van der Waals surface area contributed by atoms with Crippen LogP contribution in [0.25, 0.3) is 0 Å². The van der Waals surface area contributed by atoms with Crippen molar-refractivity contribution in [2.45, 2.75) is 19.3 Å². The number of aliphatic hydroxyl groups excluding tert-OH is 1. The topological polar surface area (TPSA) is 92.6 Å². The zero-order chi connectivity index (χ0) is 20.9. The highest BCUT2D eigenvalue weighted by molar-refractivity contribution is 14.1. The lowest BCUT2D eigenvalue weighted by Gasteiger charge is -2.26. The van der Waals surface area contributed by atoms with Gasteiger partial charge in [0, 0.05) is 39.7 Å². The monoisotopic (exact) mass is 611 g/mol. The fraction of sp³-hybridized carbons (Fsp3) is 0.368. The van der Waals surface area contributed by atoms with Crippen LogP contribution in [0.1, 0.15) is 40.2 Å². The maximum absolute atomic E-state index is 12.0. The molecule has 7 nitrogen and oxygen atoms in total. The van der Waals surface area contributed by atoms with Crippen LogP contribution < -0.4 is 0 Å². The first kappa shape index (κ1) is 24.7. The standard InChI is InChI=1S/C11H13IN2O.C7H6INO2.CH4O/c12-9-4-5-13-10(8-9)11(15)14-6-2-1-3-7-14;1-11-7(10)6-4-5(8)2-3-9-6;1-2/h4-5,8H,1-3,6-7H2;2-4H,1H3;2H,1H3. The van der Waals surface area contributed by atoms with Crippen molar-refractivity contribution >= 4 is 57.1 Å². The second kappa shape index (κ2) is 13.8. The quantitative estimate of drug-likeness (QED) is 0.414. The summed E-state index contributed by atoms with van der Waals surface area (Å²) in [6.45, 7) is 1.76. The van der Waals surface area contributed by atoms with Gasteiger partial charge in [0.15, 0.2) is 0 Å². The zero-order valence-electron chi connectivity index (χ0n) is 15.8. The van der Waals surface area contributed by atoms with Crippen LogP contribution in [-0.2, 0) is 4.74 Å². The third-order valence-electron chi connectivity index (χ3n) is 3.70. The Morgan fingerprint density at radius 2 is 1.46 bits per heavy atom. The SMILES string of the molecule is CO.COC(=O)c1cc(I)ccn1.O=C(c1cc(I)ccn1)N1CCCCC1. The molecule has 0 spiro atoms. The van der Waals surface area contributed by atoms with Crippen molar-refractivity contribution in [3.05, 3.63) is 55.2 Å². The van der Waals surface area contributed by atoms with E-state index in [9.17, 15) is 9.59 Å². The van der Waals surface area contributed by atoms with Crippen molar-refractivity contribution in [3.63, 3.8) is 0 Å². The lowest BCUT2D eigenvalue weighted by Crippen LogP contribution is -2.36. The Balaban J connectivity index is 0.000000268. The Hall–Kier alpha value is -1.34. The number of methoxy groups -OCH3 is 1. The second-order valence-corrected chi connectivity index (χ2v) is 8.05. The van der Waals surface area contributed by atoms with Gasteiger partial charge in [-0.05, 0) is 88.7 Å². The average molecular weight is 611 g/mol. The molecule has 1 amide bonds. The van der Waals surface area contributed by atoms with Gasteiger partial charge in [0.05, 0.1) is 7.11 Å². The van der Waals surface area contributed by atoms with E-state index in [1.54, 1.807) is 18.5 Å². The fourth-order valence-corrected chi connectivity index (χ4v) is 3.31. The summed E-state index contributed by atoms with van der Waals surface area (Å²) >= 11 is 4.31. The molecule has 152 valence electrons. The van der Waals surface area contributed by atoms with Gasteiger partial charge in [-0.15, -0.1) is 0 Å². The highest BCUT2D eigenvalue weighted by atomic mass is 127. The molecule has 1 N–H and O–H groups in total. The smallest absolute Gasteiger partial charge is 0.356 e. The molecule has 1 aliphatic heterocycles. The van der Waals surface area contributed by atoms with Crippen molar-refractivity contribution < 1.29 is 19.4 Å². The van der Waals surface area contributed by atoms with Crippen molar-refractivity contribution in [3.8, 4) is 0 Å². The van der Waals surface area contributed by atoms with Gasteiger partial charge in [-0.1, -0.05) is 0 Å². The number of esters is 1. The molecule has 2 aromatic heterocycles. The minimum atomic E-state index is -0.400. The van der Waals surface area contributed by atoms with Gasteiger partial charge in [-0.2, -0.15) is 0 Å². The van der Waals surface area contributed by atoms with E-state index in [-0.39, 0.29) is 5.91 Å². The van der Waals surface area contributed by atoms with E-state index in [0.29, 0.717) is 11.4 Å². The molecule has 1 fully saturated rings. The summed E-state index contributed by atoms with van der Waals surface area (Å²) in [5.74, 6) is -0.322. The fourth-order valence-electron chi connectivity index (χ4n) is 2.40. The highest BCUT2D eigenvalue weighted by Gasteiger charge is 2.18. The molecule has 3 rings (SSSR count). The number of rotatable bonds is 2. The Labute approximate surface area is 192 Å². The van der Waals surface area contributed by atoms with E-state index in [0.717, 1.165) is 40.2 Å². The summed E-state index contributed by atoms with van der Waals surface area (Å²) in [5, 5.41) is 7.00. The molecule has 0 aromatic carbocycles. The largest absolute Gasteiger partial charge is 0.464 e. The number of carbonyl (C=O) groups excluding carboxylic acids is 2.